The van der Waals surface area contributed by atoms with Gasteiger partial charge in [-0.1, -0.05) is 12.1 Å². The molecule has 4 aromatic rings. The number of nitrogens with zero attached hydrogens (tertiary/aromatic N) is 3. The van der Waals surface area contributed by atoms with E-state index in [4.69, 9.17) is 5.10 Å². The van der Waals surface area contributed by atoms with Crippen molar-refractivity contribution >= 4 is 67.0 Å². The van der Waals surface area contributed by atoms with Crippen molar-refractivity contribution < 1.29 is 10.2 Å². The smallest absolute Gasteiger partial charge is 0.131 e. The Morgan fingerprint density at radius 1 is 1.00 bits per heavy atom. The average Bonchev–Trinajstić information content (AvgIpc) is 3.25. The van der Waals surface area contributed by atoms with E-state index >= 15 is 0 Å². The molecule has 2 aromatic carbocycles. The topological polar surface area (TPSA) is 87.0 Å². The number of fused-ring (bicyclic) bond motifs is 2. The molecule has 0 spiro atoms. The van der Waals surface area contributed by atoms with E-state index in [0.29, 0.717) is 18.9 Å². The van der Waals surface area contributed by atoms with E-state index in [0.717, 1.165) is 40.3 Å². The minimum atomic E-state index is -1.06. The molecule has 8 heteroatoms. The monoisotopic (exact) mass is 656 g/mol. The van der Waals surface area contributed by atoms with E-state index < -0.39 is 11.2 Å². The second-order valence-corrected chi connectivity index (χ2v) is 11.5. The molecule has 2 unspecified atom stereocenters. The van der Waals surface area contributed by atoms with Crippen LogP contribution in [0.15, 0.2) is 36.4 Å². The van der Waals surface area contributed by atoms with Crippen molar-refractivity contribution in [3.8, 4) is 0 Å². The van der Waals surface area contributed by atoms with Gasteiger partial charge in [0.1, 0.15) is 7.40 Å². The number of aromatic nitrogens is 4. The highest BCUT2D eigenvalue weighted by Gasteiger charge is 2.31. The summed E-state index contributed by atoms with van der Waals surface area (Å²) in [5.41, 5.74) is 1.57. The average molecular weight is 656 g/mol. The van der Waals surface area contributed by atoms with Gasteiger partial charge in [0, 0.05) is 10.8 Å². The number of rotatable bonds is 6. The summed E-state index contributed by atoms with van der Waals surface area (Å²) in [4.78, 5) is 0. The number of aliphatic hydroxyl groups is 2. The van der Waals surface area contributed by atoms with Crippen LogP contribution in [0.25, 0.3) is 21.8 Å². The fraction of sp³-hybridized carbons (Fsp3) is 0.417. The molecule has 1 aliphatic rings. The molecule has 0 radical (unpaired) electrons. The van der Waals surface area contributed by atoms with E-state index in [1.54, 1.807) is 0 Å². The Kier molecular flexibility index (Phi) is 5.78. The van der Waals surface area contributed by atoms with Crippen molar-refractivity contribution in [2.24, 2.45) is 0 Å². The zero-order chi connectivity index (χ0) is 22.7. The van der Waals surface area contributed by atoms with E-state index in [9.17, 15) is 10.2 Å². The van der Waals surface area contributed by atoms with Crippen LogP contribution in [0.4, 0.5) is 0 Å². The molecule has 168 valence electrons. The van der Waals surface area contributed by atoms with Crippen molar-refractivity contribution in [1.82, 2.24) is 20.0 Å². The summed E-state index contributed by atoms with van der Waals surface area (Å²) < 4.78 is 4.07. The van der Waals surface area contributed by atoms with Gasteiger partial charge >= 0.3 is 0 Å². The zero-order valence-electron chi connectivity index (χ0n) is 18.1. The summed E-state index contributed by atoms with van der Waals surface area (Å²) in [6.07, 6.45) is 4.49. The molecule has 5 rings (SSSR count). The van der Waals surface area contributed by atoms with Crippen LogP contribution >= 0.6 is 45.2 Å². The Labute approximate surface area is 214 Å². The second-order valence-electron chi connectivity index (χ2n) is 9.37. The Bertz CT molecular complexity index is 1300. The van der Waals surface area contributed by atoms with Gasteiger partial charge in [-0.25, -0.2) is 0 Å². The van der Waals surface area contributed by atoms with Gasteiger partial charge in [0.25, 0.3) is 0 Å². The summed E-state index contributed by atoms with van der Waals surface area (Å²) in [7, 11) is 0. The third-order valence-electron chi connectivity index (χ3n) is 6.93. The number of aromatic amines is 1. The van der Waals surface area contributed by atoms with Crippen LogP contribution < -0.4 is 0 Å². The highest BCUT2D eigenvalue weighted by molar-refractivity contribution is 14.1. The molecule has 32 heavy (non-hydrogen) atoms. The number of nitrogens with one attached hydrogen (secondary N) is 1. The van der Waals surface area contributed by atoms with Gasteiger partial charge in [0.15, 0.2) is 0 Å². The molecular formula is C24H26I2N4O2. The first kappa shape index (κ1) is 22.5. The molecular weight excluding hydrogens is 630 g/mol. The Morgan fingerprint density at radius 2 is 1.62 bits per heavy atom. The van der Waals surface area contributed by atoms with Gasteiger partial charge in [0.05, 0.1) is 28.3 Å². The molecule has 1 aliphatic carbocycles. The van der Waals surface area contributed by atoms with Gasteiger partial charge < -0.3 is 10.2 Å². The first-order valence-electron chi connectivity index (χ1n) is 10.9. The first-order chi connectivity index (χ1) is 15.2. The highest BCUT2D eigenvalue weighted by Crippen LogP contribution is 2.38. The predicted octanol–water partition coefficient (Wildman–Crippen LogP) is 5.74. The van der Waals surface area contributed by atoms with Crippen LogP contribution in [0.5, 0.6) is 0 Å². The number of hydrogen-bond acceptors (Lipinski definition) is 4. The fourth-order valence-electron chi connectivity index (χ4n) is 4.44. The van der Waals surface area contributed by atoms with Crippen LogP contribution in [-0.4, -0.2) is 30.2 Å². The summed E-state index contributed by atoms with van der Waals surface area (Å²) in [6.45, 7) is 3.64. The largest absolute Gasteiger partial charge is 0.385 e. The Hall–Kier alpha value is -1.24. The normalized spacial score (nSPS) is 18.6. The Morgan fingerprint density at radius 3 is 2.25 bits per heavy atom. The van der Waals surface area contributed by atoms with E-state index in [-0.39, 0.29) is 0 Å². The summed E-state index contributed by atoms with van der Waals surface area (Å²) in [5, 5.41) is 36.7. The van der Waals surface area contributed by atoms with Gasteiger partial charge in [-0.3, -0.25) is 9.78 Å². The quantitative estimate of drug-likeness (QED) is 0.231. The lowest BCUT2D eigenvalue weighted by Gasteiger charge is -2.30. The van der Waals surface area contributed by atoms with Gasteiger partial charge in [-0.05, 0) is 127 Å². The number of halogens is 2. The van der Waals surface area contributed by atoms with Crippen LogP contribution in [0.1, 0.15) is 63.1 Å². The molecule has 0 aliphatic heterocycles. The summed E-state index contributed by atoms with van der Waals surface area (Å²) in [6, 6.07) is 12.5. The van der Waals surface area contributed by atoms with Crippen molar-refractivity contribution in [3.63, 3.8) is 0 Å². The Balaban J connectivity index is 1.38. The molecule has 6 nitrogen and oxygen atoms in total. The van der Waals surface area contributed by atoms with Crippen molar-refractivity contribution in [1.29, 1.82) is 0 Å². The van der Waals surface area contributed by atoms with Gasteiger partial charge in [-0.15, -0.1) is 0 Å². The SMILES string of the molecule is CC(O)(CCC(C)(O)c1ccc2c(c1)c(I)nn2C1CCC1)c1ccc2n[nH]c(I)c2c1. The van der Waals surface area contributed by atoms with Gasteiger partial charge in [-0.2, -0.15) is 10.2 Å². The van der Waals surface area contributed by atoms with Crippen molar-refractivity contribution in [2.45, 2.75) is 63.2 Å². The maximum atomic E-state index is 11.3. The third-order valence-corrected chi connectivity index (χ3v) is 8.55. The molecule has 1 fully saturated rings. The molecule has 1 saturated carbocycles. The summed E-state index contributed by atoms with van der Waals surface area (Å²) in [5.74, 6) is 0. The lowest BCUT2D eigenvalue weighted by atomic mass is 9.83. The second kappa shape index (κ2) is 8.21. The molecule has 2 atom stereocenters. The lowest BCUT2D eigenvalue weighted by Crippen LogP contribution is -2.28. The molecule has 0 amide bonds. The summed E-state index contributed by atoms with van der Waals surface area (Å²) >= 11 is 4.50. The zero-order valence-corrected chi connectivity index (χ0v) is 22.4. The maximum Gasteiger partial charge on any atom is 0.131 e. The molecule has 2 heterocycles. The number of benzene rings is 2. The lowest BCUT2D eigenvalue weighted by molar-refractivity contribution is -0.00762. The van der Waals surface area contributed by atoms with Crippen LogP contribution in [0.3, 0.4) is 0 Å². The standard InChI is InChI=1S/C24H26I2N4O2/c1-23(31,14-6-8-19-17(12-14)21(25)28-27-19)10-11-24(2,32)15-7-9-20-18(13-15)22(26)29-30(20)16-4-3-5-16/h6-9,12-13,16,31-32H,3-5,10-11H2,1-2H3,(H,27,28). The molecule has 0 saturated heterocycles. The maximum absolute atomic E-state index is 11.3. The van der Waals surface area contributed by atoms with E-state index in [2.05, 4.69) is 72.2 Å². The number of hydrogen-bond donors (Lipinski definition) is 3. The third kappa shape index (κ3) is 3.97. The first-order valence-corrected chi connectivity index (χ1v) is 13.1. The minimum Gasteiger partial charge on any atom is -0.385 e. The number of H-pyrrole nitrogens is 1. The van der Waals surface area contributed by atoms with Gasteiger partial charge in [0.2, 0.25) is 0 Å². The van der Waals surface area contributed by atoms with Crippen LogP contribution in [0, 0.1) is 7.40 Å². The van der Waals surface area contributed by atoms with Crippen LogP contribution in [-0.2, 0) is 11.2 Å². The van der Waals surface area contributed by atoms with Crippen molar-refractivity contribution in [2.75, 3.05) is 0 Å². The predicted molar refractivity (Wildman–Crippen MR) is 143 cm³/mol. The van der Waals surface area contributed by atoms with Crippen molar-refractivity contribution in [3.05, 3.63) is 54.9 Å². The molecule has 3 N–H and O–H groups in total. The molecule has 0 bridgehead atoms. The van der Waals surface area contributed by atoms with Crippen LogP contribution in [0.2, 0.25) is 0 Å². The fourth-order valence-corrected chi connectivity index (χ4v) is 5.65. The van der Waals surface area contributed by atoms with E-state index in [1.807, 2.05) is 38.1 Å². The highest BCUT2D eigenvalue weighted by atomic mass is 127. The van der Waals surface area contributed by atoms with E-state index in [1.165, 1.54) is 19.3 Å². The molecule has 2 aromatic heterocycles. The minimum absolute atomic E-state index is 0.427.